The van der Waals surface area contributed by atoms with Crippen LogP contribution in [0.3, 0.4) is 0 Å². The SMILES string of the molecule is CC(C)NC(=O)N1CCCC(c2cccc(C(=O)NCc3ccc(F)cc3F)c2)C1. The maximum Gasteiger partial charge on any atom is 0.317 e. The van der Waals surface area contributed by atoms with Gasteiger partial charge in [0.25, 0.3) is 5.91 Å². The Bertz CT molecular complexity index is 917. The van der Waals surface area contributed by atoms with Gasteiger partial charge in [-0.2, -0.15) is 0 Å². The smallest absolute Gasteiger partial charge is 0.317 e. The number of hydrogen-bond acceptors (Lipinski definition) is 2. The minimum Gasteiger partial charge on any atom is -0.348 e. The molecule has 0 spiro atoms. The van der Waals surface area contributed by atoms with Crippen LogP contribution in [0.2, 0.25) is 0 Å². The molecule has 1 unspecified atom stereocenters. The quantitative estimate of drug-likeness (QED) is 0.769. The van der Waals surface area contributed by atoms with Crippen LogP contribution in [0.15, 0.2) is 42.5 Å². The summed E-state index contributed by atoms with van der Waals surface area (Å²) in [5.41, 5.74) is 1.69. The molecule has 0 saturated carbocycles. The summed E-state index contributed by atoms with van der Waals surface area (Å²) in [6.07, 6.45) is 1.84. The number of piperidine rings is 1. The van der Waals surface area contributed by atoms with Crippen molar-refractivity contribution < 1.29 is 18.4 Å². The van der Waals surface area contributed by atoms with Gasteiger partial charge in [-0.05, 0) is 50.5 Å². The fourth-order valence-electron chi connectivity index (χ4n) is 3.65. The molecule has 1 heterocycles. The third-order valence-corrected chi connectivity index (χ3v) is 5.20. The van der Waals surface area contributed by atoms with Crippen molar-refractivity contribution >= 4 is 11.9 Å². The van der Waals surface area contributed by atoms with Crippen molar-refractivity contribution in [2.75, 3.05) is 13.1 Å². The molecule has 0 radical (unpaired) electrons. The van der Waals surface area contributed by atoms with Crippen LogP contribution in [0.1, 0.15) is 54.1 Å². The Morgan fingerprint density at radius 3 is 2.70 bits per heavy atom. The van der Waals surface area contributed by atoms with Crippen molar-refractivity contribution in [3.05, 3.63) is 70.8 Å². The number of halogens is 2. The minimum atomic E-state index is -0.689. The molecule has 30 heavy (non-hydrogen) atoms. The molecule has 5 nitrogen and oxygen atoms in total. The predicted octanol–water partition coefficient (Wildman–Crippen LogP) is 4.19. The maximum absolute atomic E-state index is 13.8. The van der Waals surface area contributed by atoms with E-state index in [1.807, 2.05) is 36.9 Å². The van der Waals surface area contributed by atoms with Crippen molar-refractivity contribution in [2.24, 2.45) is 0 Å². The summed E-state index contributed by atoms with van der Waals surface area (Å²) in [4.78, 5) is 26.7. The molecule has 1 aliphatic rings. The lowest BCUT2D eigenvalue weighted by atomic mass is 9.89. The number of nitrogens with zero attached hydrogens (tertiary/aromatic N) is 1. The van der Waals surface area contributed by atoms with E-state index in [-0.39, 0.29) is 36.0 Å². The lowest BCUT2D eigenvalue weighted by Gasteiger charge is -2.33. The summed E-state index contributed by atoms with van der Waals surface area (Å²) < 4.78 is 26.8. The number of urea groups is 1. The van der Waals surface area contributed by atoms with Gasteiger partial charge >= 0.3 is 6.03 Å². The third-order valence-electron chi connectivity index (χ3n) is 5.20. The number of benzene rings is 2. The summed E-state index contributed by atoms with van der Waals surface area (Å²) in [6, 6.07) is 10.6. The van der Waals surface area contributed by atoms with Gasteiger partial charge in [0, 0.05) is 48.8 Å². The van der Waals surface area contributed by atoms with Gasteiger partial charge in [-0.25, -0.2) is 13.6 Å². The van der Waals surface area contributed by atoms with E-state index in [1.54, 1.807) is 6.07 Å². The molecule has 0 aliphatic carbocycles. The first-order valence-electron chi connectivity index (χ1n) is 10.2. The Hall–Kier alpha value is -2.96. The molecule has 1 aliphatic heterocycles. The van der Waals surface area contributed by atoms with Crippen molar-refractivity contribution in [1.29, 1.82) is 0 Å². The lowest BCUT2D eigenvalue weighted by molar-refractivity contribution is 0.0950. The van der Waals surface area contributed by atoms with Gasteiger partial charge in [0.2, 0.25) is 0 Å². The van der Waals surface area contributed by atoms with E-state index in [0.29, 0.717) is 12.1 Å². The van der Waals surface area contributed by atoms with Crippen LogP contribution in [-0.2, 0) is 6.54 Å². The standard InChI is InChI=1S/C23H27F2N3O2/c1-15(2)27-23(30)28-10-4-7-19(14-28)16-5-3-6-17(11-16)22(29)26-13-18-8-9-20(24)12-21(18)25/h3,5-6,8-9,11-12,15,19H,4,7,10,13-14H2,1-2H3,(H,26,29)(H,27,30). The number of carbonyl (C=O) groups excluding carboxylic acids is 2. The molecule has 0 aromatic heterocycles. The molecule has 0 bridgehead atoms. The number of nitrogens with one attached hydrogen (secondary N) is 2. The Balaban J connectivity index is 1.64. The zero-order valence-corrected chi connectivity index (χ0v) is 17.3. The Labute approximate surface area is 175 Å². The van der Waals surface area contributed by atoms with Crippen LogP contribution in [0.5, 0.6) is 0 Å². The van der Waals surface area contributed by atoms with Gasteiger partial charge in [0.05, 0.1) is 0 Å². The number of likely N-dealkylation sites (tertiary alicyclic amines) is 1. The molecule has 3 amide bonds. The second-order valence-corrected chi connectivity index (χ2v) is 7.93. The summed E-state index contributed by atoms with van der Waals surface area (Å²) in [7, 11) is 0. The highest BCUT2D eigenvalue weighted by atomic mass is 19.1. The third kappa shape index (κ3) is 5.55. The molecule has 1 fully saturated rings. The van der Waals surface area contributed by atoms with Gasteiger partial charge in [0.15, 0.2) is 0 Å². The molecule has 2 aromatic rings. The molecule has 7 heteroatoms. The average Bonchev–Trinajstić information content (AvgIpc) is 2.72. The van der Waals surface area contributed by atoms with Gasteiger partial charge in [0.1, 0.15) is 11.6 Å². The first-order valence-corrected chi connectivity index (χ1v) is 10.2. The molecule has 1 saturated heterocycles. The highest BCUT2D eigenvalue weighted by Crippen LogP contribution is 2.27. The van der Waals surface area contributed by atoms with E-state index >= 15 is 0 Å². The Morgan fingerprint density at radius 2 is 1.97 bits per heavy atom. The first-order chi connectivity index (χ1) is 14.3. The average molecular weight is 415 g/mol. The van der Waals surface area contributed by atoms with Crippen LogP contribution in [-0.4, -0.2) is 36.0 Å². The molecule has 2 aromatic carbocycles. The zero-order chi connectivity index (χ0) is 21.7. The molecular weight excluding hydrogens is 388 g/mol. The van der Waals surface area contributed by atoms with Crippen LogP contribution in [0.4, 0.5) is 13.6 Å². The minimum absolute atomic E-state index is 0.0260. The summed E-state index contributed by atoms with van der Waals surface area (Å²) >= 11 is 0. The largest absolute Gasteiger partial charge is 0.348 e. The van der Waals surface area contributed by atoms with E-state index < -0.39 is 11.6 Å². The monoisotopic (exact) mass is 415 g/mol. The number of amides is 3. The first kappa shape index (κ1) is 21.7. The Morgan fingerprint density at radius 1 is 1.17 bits per heavy atom. The van der Waals surface area contributed by atoms with Crippen molar-refractivity contribution in [3.8, 4) is 0 Å². The van der Waals surface area contributed by atoms with Gasteiger partial charge in [-0.3, -0.25) is 4.79 Å². The van der Waals surface area contributed by atoms with Crippen LogP contribution < -0.4 is 10.6 Å². The van der Waals surface area contributed by atoms with Crippen molar-refractivity contribution in [3.63, 3.8) is 0 Å². The van der Waals surface area contributed by atoms with E-state index in [1.165, 1.54) is 6.07 Å². The maximum atomic E-state index is 13.8. The Kier molecular flexibility index (Phi) is 7.03. The molecular formula is C23H27F2N3O2. The molecule has 160 valence electrons. The predicted molar refractivity (Wildman–Crippen MR) is 111 cm³/mol. The van der Waals surface area contributed by atoms with Crippen LogP contribution in [0.25, 0.3) is 0 Å². The topological polar surface area (TPSA) is 61.4 Å². The second kappa shape index (κ2) is 9.69. The van der Waals surface area contributed by atoms with E-state index in [4.69, 9.17) is 0 Å². The normalized spacial score (nSPS) is 16.4. The second-order valence-electron chi connectivity index (χ2n) is 7.93. The summed E-state index contributed by atoms with van der Waals surface area (Å²) in [5, 5.41) is 5.60. The molecule has 1 atom stereocenters. The molecule has 3 rings (SSSR count). The van der Waals surface area contributed by atoms with E-state index in [0.717, 1.165) is 37.1 Å². The summed E-state index contributed by atoms with van der Waals surface area (Å²) in [5.74, 6) is -1.52. The lowest BCUT2D eigenvalue weighted by Crippen LogP contribution is -2.47. The van der Waals surface area contributed by atoms with E-state index in [2.05, 4.69) is 10.6 Å². The van der Waals surface area contributed by atoms with Crippen LogP contribution in [0, 0.1) is 11.6 Å². The molecule has 2 N–H and O–H groups in total. The highest BCUT2D eigenvalue weighted by molar-refractivity contribution is 5.94. The number of hydrogen-bond donors (Lipinski definition) is 2. The van der Waals surface area contributed by atoms with Gasteiger partial charge in [-0.1, -0.05) is 18.2 Å². The number of carbonyl (C=O) groups is 2. The fraction of sp³-hybridized carbons (Fsp3) is 0.391. The van der Waals surface area contributed by atoms with Crippen molar-refractivity contribution in [1.82, 2.24) is 15.5 Å². The fourth-order valence-corrected chi connectivity index (χ4v) is 3.65. The van der Waals surface area contributed by atoms with E-state index in [9.17, 15) is 18.4 Å². The van der Waals surface area contributed by atoms with Crippen LogP contribution >= 0.6 is 0 Å². The number of rotatable bonds is 5. The zero-order valence-electron chi connectivity index (χ0n) is 17.3. The highest BCUT2D eigenvalue weighted by Gasteiger charge is 2.25. The van der Waals surface area contributed by atoms with Gasteiger partial charge in [-0.15, -0.1) is 0 Å². The van der Waals surface area contributed by atoms with Gasteiger partial charge < -0.3 is 15.5 Å². The summed E-state index contributed by atoms with van der Waals surface area (Å²) in [6.45, 7) is 5.16. The van der Waals surface area contributed by atoms with Crippen molar-refractivity contribution in [2.45, 2.75) is 45.2 Å².